The summed E-state index contributed by atoms with van der Waals surface area (Å²) in [6.07, 6.45) is 2.44. The van der Waals surface area contributed by atoms with Gasteiger partial charge in [0.05, 0.1) is 26.7 Å². The first-order chi connectivity index (χ1) is 13.5. The lowest BCUT2D eigenvalue weighted by molar-refractivity contribution is -0.150. The Balaban J connectivity index is 2.00. The molecule has 150 valence electrons. The van der Waals surface area contributed by atoms with Crippen molar-refractivity contribution in [1.82, 2.24) is 4.90 Å². The topological polar surface area (TPSA) is 101 Å². The summed E-state index contributed by atoms with van der Waals surface area (Å²) < 4.78 is 15.5. The number of benzene rings is 1. The molecule has 1 aliphatic rings. The molecule has 1 N–H and O–H groups in total. The maximum Gasteiger partial charge on any atom is 0.309 e. The van der Waals surface area contributed by atoms with Crippen molar-refractivity contribution in [2.24, 2.45) is 5.92 Å². The molecule has 1 aromatic rings. The van der Waals surface area contributed by atoms with E-state index in [0.717, 1.165) is 0 Å². The van der Waals surface area contributed by atoms with Crippen LogP contribution in [0.3, 0.4) is 0 Å². The van der Waals surface area contributed by atoms with E-state index in [1.165, 1.54) is 13.3 Å². The molecule has 1 heterocycles. The third-order valence-corrected chi connectivity index (χ3v) is 4.52. The molecule has 8 heteroatoms. The van der Waals surface area contributed by atoms with E-state index >= 15 is 0 Å². The average Bonchev–Trinajstić information content (AvgIpc) is 2.74. The molecule has 1 amide bonds. The van der Waals surface area contributed by atoms with Crippen LogP contribution in [0.25, 0.3) is 0 Å². The summed E-state index contributed by atoms with van der Waals surface area (Å²) in [6.45, 7) is 2.95. The standard InChI is InChI=1S/C20H25N3O5/c1-4-28-20(25)14-7-9-23(10-8-14)19(24)15(12-21)13-22-16-5-6-17(26-2)18(11-16)27-3/h5-6,11,13-14,22H,4,7-10H2,1-3H3/b15-13-. The third kappa shape index (κ3) is 5.16. The highest BCUT2D eigenvalue weighted by atomic mass is 16.5. The van der Waals surface area contributed by atoms with E-state index in [1.54, 1.807) is 37.1 Å². The highest BCUT2D eigenvalue weighted by molar-refractivity contribution is 5.97. The molecule has 0 atom stereocenters. The van der Waals surface area contributed by atoms with E-state index in [4.69, 9.17) is 14.2 Å². The van der Waals surface area contributed by atoms with Crippen molar-refractivity contribution in [3.63, 3.8) is 0 Å². The molecule has 8 nitrogen and oxygen atoms in total. The van der Waals surface area contributed by atoms with Gasteiger partial charge in [-0.05, 0) is 31.9 Å². The second-order valence-electron chi connectivity index (χ2n) is 6.20. The molecule has 1 saturated heterocycles. The second-order valence-corrected chi connectivity index (χ2v) is 6.20. The number of piperidine rings is 1. The Hall–Kier alpha value is -3.21. The fraction of sp³-hybridized carbons (Fsp3) is 0.450. The number of ether oxygens (including phenoxy) is 3. The zero-order chi connectivity index (χ0) is 20.5. The Morgan fingerprint density at radius 2 is 1.93 bits per heavy atom. The molecule has 0 saturated carbocycles. The summed E-state index contributed by atoms with van der Waals surface area (Å²) in [4.78, 5) is 26.0. The molecule has 0 unspecified atom stereocenters. The lowest BCUT2D eigenvalue weighted by Crippen LogP contribution is -2.41. The third-order valence-electron chi connectivity index (χ3n) is 4.52. The predicted molar refractivity (Wildman–Crippen MR) is 103 cm³/mol. The number of anilines is 1. The van der Waals surface area contributed by atoms with Crippen LogP contribution in [-0.4, -0.2) is 50.7 Å². The van der Waals surface area contributed by atoms with Crippen molar-refractivity contribution >= 4 is 17.6 Å². The molecule has 0 radical (unpaired) electrons. The summed E-state index contributed by atoms with van der Waals surface area (Å²) in [5, 5.41) is 12.3. The number of carbonyl (C=O) groups is 2. The molecular weight excluding hydrogens is 362 g/mol. The molecule has 28 heavy (non-hydrogen) atoms. The number of nitriles is 1. The van der Waals surface area contributed by atoms with Crippen LogP contribution < -0.4 is 14.8 Å². The summed E-state index contributed by atoms with van der Waals surface area (Å²) in [5.74, 6) is 0.340. The minimum Gasteiger partial charge on any atom is -0.493 e. The Morgan fingerprint density at radius 3 is 2.50 bits per heavy atom. The average molecular weight is 387 g/mol. The van der Waals surface area contributed by atoms with E-state index < -0.39 is 0 Å². The van der Waals surface area contributed by atoms with Gasteiger partial charge in [0.1, 0.15) is 11.6 Å². The first-order valence-corrected chi connectivity index (χ1v) is 9.08. The summed E-state index contributed by atoms with van der Waals surface area (Å²) in [5.41, 5.74) is 0.642. The maximum absolute atomic E-state index is 12.6. The molecule has 1 fully saturated rings. The summed E-state index contributed by atoms with van der Waals surface area (Å²) >= 11 is 0. The van der Waals surface area contributed by atoms with E-state index in [0.29, 0.717) is 49.7 Å². The van der Waals surface area contributed by atoms with E-state index in [1.807, 2.05) is 6.07 Å². The predicted octanol–water partition coefficient (Wildman–Crippen LogP) is 2.32. The first-order valence-electron chi connectivity index (χ1n) is 9.08. The van der Waals surface area contributed by atoms with Crippen LogP contribution in [0.15, 0.2) is 30.0 Å². The number of nitrogens with zero attached hydrogens (tertiary/aromatic N) is 2. The van der Waals surface area contributed by atoms with Crippen molar-refractivity contribution in [1.29, 1.82) is 5.26 Å². The van der Waals surface area contributed by atoms with Gasteiger partial charge in [-0.15, -0.1) is 0 Å². The minimum atomic E-state index is -0.363. The summed E-state index contributed by atoms with van der Waals surface area (Å²) in [7, 11) is 3.07. The zero-order valence-electron chi connectivity index (χ0n) is 16.4. The van der Waals surface area contributed by atoms with E-state index in [9.17, 15) is 14.9 Å². The Labute approximate surface area is 164 Å². The number of rotatable bonds is 7. The smallest absolute Gasteiger partial charge is 0.309 e. The largest absolute Gasteiger partial charge is 0.493 e. The highest BCUT2D eigenvalue weighted by Crippen LogP contribution is 2.29. The number of esters is 1. The van der Waals surface area contributed by atoms with Gasteiger partial charge in [-0.1, -0.05) is 0 Å². The fourth-order valence-electron chi connectivity index (χ4n) is 2.97. The van der Waals surface area contributed by atoms with Crippen LogP contribution in [0.1, 0.15) is 19.8 Å². The van der Waals surface area contributed by atoms with Gasteiger partial charge in [-0.3, -0.25) is 9.59 Å². The number of hydrogen-bond acceptors (Lipinski definition) is 7. The van der Waals surface area contributed by atoms with Crippen molar-refractivity contribution < 1.29 is 23.8 Å². The lowest BCUT2D eigenvalue weighted by atomic mass is 9.96. The minimum absolute atomic E-state index is 0.00984. The van der Waals surface area contributed by atoms with Crippen LogP contribution in [-0.2, 0) is 14.3 Å². The molecular formula is C20H25N3O5. The Kier molecular flexibility index (Phi) is 7.69. The normalized spacial score (nSPS) is 14.8. The van der Waals surface area contributed by atoms with Gasteiger partial charge in [0.2, 0.25) is 0 Å². The second kappa shape index (κ2) is 10.2. The van der Waals surface area contributed by atoms with Crippen LogP contribution in [0, 0.1) is 17.2 Å². The molecule has 0 aliphatic carbocycles. The number of methoxy groups -OCH3 is 2. The van der Waals surface area contributed by atoms with Gasteiger partial charge in [-0.25, -0.2) is 0 Å². The van der Waals surface area contributed by atoms with Gasteiger partial charge in [0.15, 0.2) is 11.5 Å². The zero-order valence-corrected chi connectivity index (χ0v) is 16.4. The number of nitrogens with one attached hydrogen (secondary N) is 1. The number of hydrogen-bond donors (Lipinski definition) is 1. The monoisotopic (exact) mass is 387 g/mol. The van der Waals surface area contributed by atoms with Crippen molar-refractivity contribution in [3.05, 3.63) is 30.0 Å². The number of amides is 1. The van der Waals surface area contributed by atoms with Gasteiger partial charge >= 0.3 is 5.97 Å². The van der Waals surface area contributed by atoms with E-state index in [2.05, 4.69) is 5.32 Å². The van der Waals surface area contributed by atoms with Crippen LogP contribution in [0.4, 0.5) is 5.69 Å². The lowest BCUT2D eigenvalue weighted by Gasteiger charge is -2.30. The molecule has 0 spiro atoms. The highest BCUT2D eigenvalue weighted by Gasteiger charge is 2.29. The van der Waals surface area contributed by atoms with Gasteiger partial charge in [0.25, 0.3) is 5.91 Å². The number of carbonyl (C=O) groups excluding carboxylic acids is 2. The first kappa shape index (κ1) is 21.1. The molecule has 0 bridgehead atoms. The summed E-state index contributed by atoms with van der Waals surface area (Å²) in [6, 6.07) is 7.12. The Bertz CT molecular complexity index is 777. The molecule has 0 aromatic heterocycles. The SMILES string of the molecule is CCOC(=O)C1CCN(C(=O)/C(C#N)=C\Nc2ccc(OC)c(OC)c2)CC1. The maximum atomic E-state index is 12.6. The van der Waals surface area contributed by atoms with E-state index in [-0.39, 0.29) is 23.4 Å². The van der Waals surface area contributed by atoms with Crippen LogP contribution in [0.5, 0.6) is 11.5 Å². The van der Waals surface area contributed by atoms with Gasteiger partial charge < -0.3 is 24.4 Å². The molecule has 2 rings (SSSR count). The van der Waals surface area contributed by atoms with Gasteiger partial charge in [0, 0.05) is 31.0 Å². The number of likely N-dealkylation sites (tertiary alicyclic amines) is 1. The van der Waals surface area contributed by atoms with Crippen molar-refractivity contribution in [2.45, 2.75) is 19.8 Å². The quantitative estimate of drug-likeness (QED) is 0.435. The Morgan fingerprint density at radius 1 is 1.25 bits per heavy atom. The molecule has 1 aromatic carbocycles. The van der Waals surface area contributed by atoms with Crippen molar-refractivity contribution in [3.8, 4) is 17.6 Å². The van der Waals surface area contributed by atoms with Crippen molar-refractivity contribution in [2.75, 3.05) is 39.2 Å². The van der Waals surface area contributed by atoms with Crippen LogP contribution in [0.2, 0.25) is 0 Å². The van der Waals surface area contributed by atoms with Crippen LogP contribution >= 0.6 is 0 Å². The molecule has 1 aliphatic heterocycles. The van der Waals surface area contributed by atoms with Gasteiger partial charge in [-0.2, -0.15) is 5.26 Å². The fourth-order valence-corrected chi connectivity index (χ4v) is 2.97.